The van der Waals surface area contributed by atoms with E-state index in [2.05, 4.69) is 116 Å². The van der Waals surface area contributed by atoms with E-state index >= 15 is 0 Å². The Morgan fingerprint density at radius 2 is 0.931 bits per heavy atom. The molecule has 0 radical (unpaired) electrons. The highest BCUT2D eigenvalue weighted by molar-refractivity contribution is 7.93. The summed E-state index contributed by atoms with van der Waals surface area (Å²) in [5.74, 6) is 9.66. The van der Waals surface area contributed by atoms with Crippen molar-refractivity contribution in [2.75, 3.05) is 19.7 Å². The lowest BCUT2D eigenvalue weighted by atomic mass is 9.88. The molecule has 9 atom stereocenters. The van der Waals surface area contributed by atoms with Crippen molar-refractivity contribution in [2.24, 2.45) is 76.4 Å². The van der Waals surface area contributed by atoms with Gasteiger partial charge in [0.25, 0.3) is 0 Å². The van der Waals surface area contributed by atoms with Crippen LogP contribution in [0.25, 0.3) is 0 Å². The van der Waals surface area contributed by atoms with E-state index in [0.29, 0.717) is 36.1 Å². The predicted molar refractivity (Wildman–Crippen MR) is 255 cm³/mol. The van der Waals surface area contributed by atoms with Gasteiger partial charge in [0.15, 0.2) is 9.84 Å². The molecule has 4 aliphatic heterocycles. The molecule has 0 aromatic rings. The minimum Gasteiger partial charge on any atom is -0.378 e. The Morgan fingerprint density at radius 1 is 0.483 bits per heavy atom. The molecule has 4 heterocycles. The van der Waals surface area contributed by atoms with Crippen LogP contribution in [-0.2, 0) is 19.3 Å². The van der Waals surface area contributed by atoms with Crippen LogP contribution in [0.15, 0.2) is 0 Å². The molecule has 0 amide bonds. The second-order valence-electron chi connectivity index (χ2n) is 23.6. The molecule has 0 bridgehead atoms. The predicted octanol–water partition coefficient (Wildman–Crippen LogP) is 14.3. The van der Waals surface area contributed by atoms with E-state index < -0.39 is 9.84 Å². The highest BCUT2D eigenvalue weighted by Crippen LogP contribution is 2.41. The summed E-state index contributed by atoms with van der Waals surface area (Å²) in [4.78, 5) is 2.59. The molecule has 0 aromatic carbocycles. The lowest BCUT2D eigenvalue weighted by Gasteiger charge is -2.27. The number of sulfone groups is 1. The number of hydrogen-bond donors (Lipinski definition) is 0. The van der Waals surface area contributed by atoms with Gasteiger partial charge in [0, 0.05) is 12.6 Å². The summed E-state index contributed by atoms with van der Waals surface area (Å²) in [6.45, 7) is 50.5. The maximum absolute atomic E-state index is 12.2. The van der Waals surface area contributed by atoms with Crippen LogP contribution >= 0.6 is 0 Å². The zero-order valence-corrected chi connectivity index (χ0v) is 43.7. The van der Waals surface area contributed by atoms with Crippen molar-refractivity contribution in [1.82, 2.24) is 4.90 Å². The van der Waals surface area contributed by atoms with E-state index in [0.717, 1.165) is 72.8 Å². The molecular formula is C52H105NO4S. The third kappa shape index (κ3) is 18.7. The molecule has 348 valence electrons. The van der Waals surface area contributed by atoms with Crippen molar-refractivity contribution in [3.05, 3.63) is 0 Å². The molecule has 5 nitrogen and oxygen atoms in total. The minimum absolute atomic E-state index is 0.105. The van der Waals surface area contributed by atoms with E-state index in [4.69, 9.17) is 9.47 Å². The molecule has 0 aromatic heterocycles. The zero-order valence-electron chi connectivity index (χ0n) is 42.9. The Morgan fingerprint density at radius 3 is 1.16 bits per heavy atom. The third-order valence-corrected chi connectivity index (χ3v) is 18.2. The molecule has 0 N–H and O–H groups in total. The van der Waals surface area contributed by atoms with Crippen LogP contribution < -0.4 is 0 Å². The van der Waals surface area contributed by atoms with Gasteiger partial charge >= 0.3 is 0 Å². The van der Waals surface area contributed by atoms with Crippen LogP contribution in [-0.4, -0.2) is 67.9 Å². The maximum atomic E-state index is 12.2. The summed E-state index contributed by atoms with van der Waals surface area (Å²) in [5, 5.41) is -0.242. The van der Waals surface area contributed by atoms with Crippen molar-refractivity contribution in [3.8, 4) is 0 Å². The summed E-state index contributed by atoms with van der Waals surface area (Å²) in [5.41, 5.74) is -0.109. The van der Waals surface area contributed by atoms with Crippen molar-refractivity contribution in [2.45, 2.75) is 238 Å². The quantitative estimate of drug-likeness (QED) is 0.231. The molecule has 0 spiro atoms. The van der Waals surface area contributed by atoms with E-state index in [-0.39, 0.29) is 21.8 Å². The fourth-order valence-corrected chi connectivity index (χ4v) is 13.0. The fraction of sp³-hybridized carbons (Fsp3) is 1.00. The standard InChI is InChI=1S/C11H22O2S.C11H22.C10H21N.2C10H20O/c1-8(2)9-6-7-10(11(3,4)5)14(9,12)13;2*1-8(2)10-5-6-11(7-10)9(3)4;1-7(2)9-5-10(8(3)4)11-6-9;1-7(2)9-5-6-10(11-9)8(3)4/h8-10H,6-7H2,1-5H3;8-11H,5-7H2,1-4H3;8-10H,5-7H2,1-4H3;2*7-10H,5-6H2,1-4H3. The monoisotopic (exact) mass is 840 g/mol. The van der Waals surface area contributed by atoms with Crippen molar-refractivity contribution < 1.29 is 17.9 Å². The fourth-order valence-electron chi connectivity index (χ4n) is 9.87. The summed E-state index contributed by atoms with van der Waals surface area (Å²) in [7, 11) is -2.88. The van der Waals surface area contributed by atoms with Gasteiger partial charge in [-0.05, 0) is 155 Å². The van der Waals surface area contributed by atoms with Crippen LogP contribution in [0.2, 0.25) is 0 Å². The average molecular weight is 840 g/mol. The topological polar surface area (TPSA) is 55.8 Å². The number of hydrogen-bond acceptors (Lipinski definition) is 5. The number of nitrogens with zero attached hydrogens (tertiary/aromatic N) is 1. The van der Waals surface area contributed by atoms with Gasteiger partial charge < -0.3 is 14.4 Å². The molecule has 4 saturated heterocycles. The number of likely N-dealkylation sites (tertiary alicyclic amines) is 1. The average Bonchev–Trinajstić information content (AvgIpc) is 3.93. The van der Waals surface area contributed by atoms with Gasteiger partial charge in [-0.1, -0.05) is 132 Å². The zero-order chi connectivity index (χ0) is 44.9. The minimum atomic E-state index is -2.88. The third-order valence-electron chi connectivity index (χ3n) is 14.9. The van der Waals surface area contributed by atoms with Crippen molar-refractivity contribution in [3.63, 3.8) is 0 Å². The summed E-state index contributed by atoms with van der Waals surface area (Å²) >= 11 is 0. The van der Waals surface area contributed by atoms with Gasteiger partial charge in [-0.15, -0.1) is 0 Å². The molecule has 5 rings (SSSR count). The SMILES string of the molecule is CC(C)C1CCC(C(C)(C)C)S1(=O)=O.CC(C)C1CCC(C(C)C)C1.CC(C)C1CCC(C(C)C)O1.CC(C)C1CCN(C(C)C)C1.CC(C)C1COC(C(C)C)C1. The van der Waals surface area contributed by atoms with Gasteiger partial charge in [-0.25, -0.2) is 8.42 Å². The van der Waals surface area contributed by atoms with Crippen molar-refractivity contribution in [1.29, 1.82) is 0 Å². The van der Waals surface area contributed by atoms with Crippen LogP contribution in [0.3, 0.4) is 0 Å². The van der Waals surface area contributed by atoms with Gasteiger partial charge in [-0.2, -0.15) is 0 Å². The molecule has 5 fully saturated rings. The Bertz CT molecular complexity index is 1010. The molecule has 1 aliphatic carbocycles. The first-order chi connectivity index (χ1) is 26.6. The molecule has 9 unspecified atom stereocenters. The second kappa shape index (κ2) is 25.8. The smallest absolute Gasteiger partial charge is 0.156 e. The van der Waals surface area contributed by atoms with Crippen LogP contribution in [0, 0.1) is 76.4 Å². The Balaban J connectivity index is 0.000000364. The maximum Gasteiger partial charge on any atom is 0.156 e. The first-order valence-electron chi connectivity index (χ1n) is 24.8. The number of ether oxygens (including phenoxy) is 2. The first-order valence-corrected chi connectivity index (χ1v) is 26.5. The van der Waals surface area contributed by atoms with E-state index in [1.165, 1.54) is 58.0 Å². The van der Waals surface area contributed by atoms with Crippen LogP contribution in [0.4, 0.5) is 0 Å². The van der Waals surface area contributed by atoms with Gasteiger partial charge in [0.05, 0.1) is 35.4 Å². The van der Waals surface area contributed by atoms with E-state index in [1.54, 1.807) is 0 Å². The Kier molecular flexibility index (Phi) is 24.9. The normalized spacial score (nSPS) is 31.3. The summed E-state index contributed by atoms with van der Waals surface area (Å²) in [6.07, 6.45) is 13.0. The molecule has 1 saturated carbocycles. The van der Waals surface area contributed by atoms with E-state index in [1.807, 2.05) is 34.6 Å². The number of rotatable bonds is 9. The molecule has 6 heteroatoms. The first kappa shape index (κ1) is 55.8. The highest BCUT2D eigenvalue weighted by Gasteiger charge is 2.47. The molecule has 58 heavy (non-hydrogen) atoms. The van der Waals surface area contributed by atoms with Gasteiger partial charge in [-0.3, -0.25) is 0 Å². The van der Waals surface area contributed by atoms with E-state index in [9.17, 15) is 8.42 Å². The lowest BCUT2D eigenvalue weighted by molar-refractivity contribution is -0.00210. The second-order valence-corrected chi connectivity index (χ2v) is 26.0. The molecular weight excluding hydrogens is 735 g/mol. The van der Waals surface area contributed by atoms with Crippen molar-refractivity contribution >= 4 is 9.84 Å². The highest BCUT2D eigenvalue weighted by atomic mass is 32.2. The Labute approximate surface area is 365 Å². The Hall–Kier alpha value is -0.170. The van der Waals surface area contributed by atoms with Crippen LogP contribution in [0.1, 0.15) is 203 Å². The van der Waals surface area contributed by atoms with Gasteiger partial charge in [0.1, 0.15) is 0 Å². The molecule has 5 aliphatic rings. The van der Waals surface area contributed by atoms with Crippen LogP contribution in [0.5, 0.6) is 0 Å². The summed E-state index contributed by atoms with van der Waals surface area (Å²) in [6, 6.07) is 0.749. The van der Waals surface area contributed by atoms with Gasteiger partial charge in [0.2, 0.25) is 0 Å². The lowest BCUT2D eigenvalue weighted by Crippen LogP contribution is -2.35. The largest absolute Gasteiger partial charge is 0.378 e. The summed E-state index contributed by atoms with van der Waals surface area (Å²) < 4.78 is 35.9.